The summed E-state index contributed by atoms with van der Waals surface area (Å²) in [5, 5.41) is 6.73. The van der Waals surface area contributed by atoms with Gasteiger partial charge in [-0.25, -0.2) is 9.97 Å². The molecular weight excluding hydrogens is 242 g/mol. The van der Waals surface area contributed by atoms with Gasteiger partial charge in [-0.3, -0.25) is 0 Å². The number of ether oxygens (including phenoxy) is 1. The first-order chi connectivity index (χ1) is 9.09. The molecule has 1 fully saturated rings. The van der Waals surface area contributed by atoms with E-state index in [9.17, 15) is 0 Å². The second kappa shape index (κ2) is 6.16. The zero-order chi connectivity index (χ0) is 13.7. The summed E-state index contributed by atoms with van der Waals surface area (Å²) in [6.07, 6.45) is 3.60. The lowest BCUT2D eigenvalue weighted by Crippen LogP contribution is -2.39. The van der Waals surface area contributed by atoms with Crippen molar-refractivity contribution in [1.29, 1.82) is 0 Å². The highest BCUT2D eigenvalue weighted by atomic mass is 16.5. The van der Waals surface area contributed by atoms with Crippen molar-refractivity contribution in [2.24, 2.45) is 5.73 Å². The third-order valence-electron chi connectivity index (χ3n) is 3.22. The molecule has 1 aromatic rings. The van der Waals surface area contributed by atoms with E-state index in [1.807, 2.05) is 19.9 Å². The minimum Gasteiger partial charge on any atom is -0.381 e. The third-order valence-corrected chi connectivity index (χ3v) is 3.22. The lowest BCUT2D eigenvalue weighted by Gasteiger charge is -2.26. The van der Waals surface area contributed by atoms with Crippen LogP contribution in [0.2, 0.25) is 0 Å². The van der Waals surface area contributed by atoms with Crippen LogP contribution in [-0.2, 0) is 4.74 Å². The molecule has 0 aliphatic carbocycles. The van der Waals surface area contributed by atoms with Gasteiger partial charge in [-0.1, -0.05) is 0 Å². The summed E-state index contributed by atoms with van der Waals surface area (Å²) in [4.78, 5) is 8.48. The SMILES string of the molecule is CC(C)(CN)Nc1cc(NC2CCOCC2)ncn1. The standard InChI is InChI=1S/C13H23N5O/c1-13(2,8-14)18-12-7-11(15-9-16-12)17-10-3-5-19-6-4-10/h7,9-10H,3-6,8,14H2,1-2H3,(H2,15,16,17,18). The van der Waals surface area contributed by atoms with Gasteiger partial charge in [-0.15, -0.1) is 0 Å². The first kappa shape index (κ1) is 14.0. The van der Waals surface area contributed by atoms with E-state index >= 15 is 0 Å². The van der Waals surface area contributed by atoms with E-state index in [1.54, 1.807) is 6.33 Å². The molecule has 0 amide bonds. The quantitative estimate of drug-likeness (QED) is 0.742. The fraction of sp³-hybridized carbons (Fsp3) is 0.692. The van der Waals surface area contributed by atoms with Crippen LogP contribution in [0.15, 0.2) is 12.4 Å². The van der Waals surface area contributed by atoms with Crippen molar-refractivity contribution in [3.63, 3.8) is 0 Å². The van der Waals surface area contributed by atoms with Crippen molar-refractivity contribution < 1.29 is 4.74 Å². The second-order valence-corrected chi connectivity index (χ2v) is 5.53. The molecule has 0 unspecified atom stereocenters. The van der Waals surface area contributed by atoms with E-state index < -0.39 is 0 Å². The van der Waals surface area contributed by atoms with E-state index in [-0.39, 0.29) is 5.54 Å². The Labute approximate surface area is 114 Å². The summed E-state index contributed by atoms with van der Waals surface area (Å²) in [5.74, 6) is 1.64. The lowest BCUT2D eigenvalue weighted by atomic mass is 10.1. The van der Waals surface area contributed by atoms with E-state index in [1.165, 1.54) is 0 Å². The Hall–Kier alpha value is -1.40. The first-order valence-corrected chi connectivity index (χ1v) is 6.74. The third kappa shape index (κ3) is 4.33. The molecule has 0 atom stereocenters. The number of hydrogen-bond acceptors (Lipinski definition) is 6. The number of nitrogens with one attached hydrogen (secondary N) is 2. The summed E-state index contributed by atoms with van der Waals surface area (Å²) >= 11 is 0. The van der Waals surface area contributed by atoms with Gasteiger partial charge in [0, 0.05) is 37.4 Å². The van der Waals surface area contributed by atoms with Crippen LogP contribution in [0.5, 0.6) is 0 Å². The lowest BCUT2D eigenvalue weighted by molar-refractivity contribution is 0.0904. The van der Waals surface area contributed by atoms with Gasteiger partial charge in [0.2, 0.25) is 0 Å². The maximum absolute atomic E-state index is 5.71. The van der Waals surface area contributed by atoms with Crippen LogP contribution in [0.4, 0.5) is 11.6 Å². The van der Waals surface area contributed by atoms with Gasteiger partial charge in [-0.2, -0.15) is 0 Å². The van der Waals surface area contributed by atoms with Crippen molar-refractivity contribution in [3.05, 3.63) is 12.4 Å². The number of rotatable bonds is 5. The van der Waals surface area contributed by atoms with Gasteiger partial charge in [0.1, 0.15) is 18.0 Å². The Kier molecular flexibility index (Phi) is 4.55. The predicted molar refractivity (Wildman–Crippen MR) is 76.3 cm³/mol. The van der Waals surface area contributed by atoms with Crippen molar-refractivity contribution in [1.82, 2.24) is 9.97 Å². The Balaban J connectivity index is 1.98. The zero-order valence-corrected chi connectivity index (χ0v) is 11.6. The summed E-state index contributed by atoms with van der Waals surface area (Å²) < 4.78 is 5.34. The molecule has 6 heteroatoms. The van der Waals surface area contributed by atoms with Crippen molar-refractivity contribution in [2.45, 2.75) is 38.3 Å². The van der Waals surface area contributed by atoms with Crippen LogP contribution >= 0.6 is 0 Å². The van der Waals surface area contributed by atoms with Gasteiger partial charge in [0.25, 0.3) is 0 Å². The predicted octanol–water partition coefficient (Wildman–Crippen LogP) is 1.22. The molecule has 0 spiro atoms. The highest BCUT2D eigenvalue weighted by molar-refractivity contribution is 5.48. The molecule has 0 radical (unpaired) electrons. The molecule has 6 nitrogen and oxygen atoms in total. The molecule has 0 saturated carbocycles. The Bertz CT molecular complexity index is 404. The summed E-state index contributed by atoms with van der Waals surface area (Å²) in [5.41, 5.74) is 5.53. The summed E-state index contributed by atoms with van der Waals surface area (Å²) in [6, 6.07) is 2.35. The molecule has 19 heavy (non-hydrogen) atoms. The molecule has 0 bridgehead atoms. The summed E-state index contributed by atoms with van der Waals surface area (Å²) in [6.45, 7) is 6.25. The van der Waals surface area contributed by atoms with E-state index in [4.69, 9.17) is 10.5 Å². The maximum atomic E-state index is 5.71. The van der Waals surface area contributed by atoms with Gasteiger partial charge >= 0.3 is 0 Å². The smallest absolute Gasteiger partial charge is 0.131 e. The number of anilines is 2. The highest BCUT2D eigenvalue weighted by Crippen LogP contribution is 2.17. The van der Waals surface area contributed by atoms with Gasteiger partial charge < -0.3 is 21.1 Å². The molecule has 1 aliphatic heterocycles. The Morgan fingerprint density at radius 1 is 1.32 bits per heavy atom. The van der Waals surface area contributed by atoms with Gasteiger partial charge in [0.05, 0.1) is 0 Å². The minimum absolute atomic E-state index is 0.176. The van der Waals surface area contributed by atoms with E-state index in [0.29, 0.717) is 12.6 Å². The average molecular weight is 265 g/mol. The number of aromatic nitrogens is 2. The van der Waals surface area contributed by atoms with Crippen molar-refractivity contribution >= 4 is 11.6 Å². The zero-order valence-electron chi connectivity index (χ0n) is 11.6. The van der Waals surface area contributed by atoms with E-state index in [0.717, 1.165) is 37.7 Å². The Morgan fingerprint density at radius 2 is 2.00 bits per heavy atom. The van der Waals surface area contributed by atoms with Crippen LogP contribution in [0.3, 0.4) is 0 Å². The number of nitrogens with zero attached hydrogens (tertiary/aromatic N) is 2. The maximum Gasteiger partial charge on any atom is 0.131 e. The van der Waals surface area contributed by atoms with Crippen molar-refractivity contribution in [3.8, 4) is 0 Å². The highest BCUT2D eigenvalue weighted by Gasteiger charge is 2.17. The van der Waals surface area contributed by atoms with Crippen LogP contribution in [-0.4, -0.2) is 41.3 Å². The monoisotopic (exact) mass is 265 g/mol. The molecular formula is C13H23N5O. The van der Waals surface area contributed by atoms with E-state index in [2.05, 4.69) is 20.6 Å². The summed E-state index contributed by atoms with van der Waals surface area (Å²) in [7, 11) is 0. The van der Waals surface area contributed by atoms with Crippen LogP contribution in [0, 0.1) is 0 Å². The van der Waals surface area contributed by atoms with Gasteiger partial charge in [0.15, 0.2) is 0 Å². The molecule has 1 saturated heterocycles. The topological polar surface area (TPSA) is 85.1 Å². The number of nitrogens with two attached hydrogens (primary N) is 1. The van der Waals surface area contributed by atoms with Gasteiger partial charge in [-0.05, 0) is 26.7 Å². The Morgan fingerprint density at radius 3 is 2.68 bits per heavy atom. The largest absolute Gasteiger partial charge is 0.381 e. The molecule has 1 aromatic heterocycles. The molecule has 4 N–H and O–H groups in total. The van der Waals surface area contributed by atoms with Crippen LogP contribution in [0.25, 0.3) is 0 Å². The molecule has 2 heterocycles. The fourth-order valence-electron chi connectivity index (χ4n) is 1.95. The van der Waals surface area contributed by atoms with Crippen LogP contribution in [0.1, 0.15) is 26.7 Å². The van der Waals surface area contributed by atoms with Crippen LogP contribution < -0.4 is 16.4 Å². The fourth-order valence-corrected chi connectivity index (χ4v) is 1.95. The molecule has 1 aliphatic rings. The molecule has 2 rings (SSSR count). The minimum atomic E-state index is -0.176. The van der Waals surface area contributed by atoms with Crippen molar-refractivity contribution in [2.75, 3.05) is 30.4 Å². The average Bonchev–Trinajstić information content (AvgIpc) is 2.40. The second-order valence-electron chi connectivity index (χ2n) is 5.53. The molecule has 0 aromatic carbocycles. The first-order valence-electron chi connectivity index (χ1n) is 6.74. The normalized spacial score (nSPS) is 17.2. The molecule has 106 valence electrons. The number of hydrogen-bond donors (Lipinski definition) is 3.